The summed E-state index contributed by atoms with van der Waals surface area (Å²) >= 11 is 1.71. The van der Waals surface area contributed by atoms with E-state index in [0.717, 1.165) is 16.5 Å². The van der Waals surface area contributed by atoms with Crippen LogP contribution in [0.3, 0.4) is 0 Å². The van der Waals surface area contributed by atoms with E-state index in [2.05, 4.69) is 30.5 Å². The van der Waals surface area contributed by atoms with Gasteiger partial charge >= 0.3 is 0 Å². The molecule has 1 nitrogen and oxygen atoms in total. The Kier molecular flexibility index (Phi) is 3.77. The van der Waals surface area contributed by atoms with Gasteiger partial charge in [-0.3, -0.25) is 0 Å². The van der Waals surface area contributed by atoms with E-state index in [0.29, 0.717) is 0 Å². The Balaban J connectivity index is 1.96. The molecule has 1 atom stereocenters. The summed E-state index contributed by atoms with van der Waals surface area (Å²) in [6.07, 6.45) is 1.48. The van der Waals surface area contributed by atoms with Gasteiger partial charge in [0, 0.05) is 4.90 Å². The standard InChI is InChI=1S/C18H16OS/c1-20-17-10-8-14(9-11-17)18(19)16-7-6-13-4-2-3-5-15(13)12-16/h2-12,18-19H,1H3. The average molecular weight is 280 g/mol. The van der Waals surface area contributed by atoms with Crippen LogP contribution >= 0.6 is 11.8 Å². The number of hydrogen-bond acceptors (Lipinski definition) is 2. The Morgan fingerprint density at radius 2 is 1.45 bits per heavy atom. The molecule has 1 N–H and O–H groups in total. The molecular weight excluding hydrogens is 264 g/mol. The lowest BCUT2D eigenvalue weighted by Gasteiger charge is -2.13. The largest absolute Gasteiger partial charge is 0.384 e. The summed E-state index contributed by atoms with van der Waals surface area (Å²) in [4.78, 5) is 1.21. The molecule has 0 spiro atoms. The Bertz CT molecular complexity index is 719. The molecular formula is C18H16OS. The van der Waals surface area contributed by atoms with Crippen molar-refractivity contribution in [3.63, 3.8) is 0 Å². The highest BCUT2D eigenvalue weighted by atomic mass is 32.2. The van der Waals surface area contributed by atoms with Crippen molar-refractivity contribution in [2.75, 3.05) is 6.26 Å². The van der Waals surface area contributed by atoms with Crippen molar-refractivity contribution in [3.8, 4) is 0 Å². The summed E-state index contributed by atoms with van der Waals surface area (Å²) in [6, 6.07) is 22.4. The van der Waals surface area contributed by atoms with Crippen LogP contribution in [0.15, 0.2) is 71.6 Å². The summed E-state index contributed by atoms with van der Waals surface area (Å²) in [5.41, 5.74) is 1.86. The fourth-order valence-corrected chi connectivity index (χ4v) is 2.76. The van der Waals surface area contributed by atoms with Crippen LogP contribution in [0, 0.1) is 0 Å². The number of rotatable bonds is 3. The first-order chi connectivity index (χ1) is 9.78. The molecule has 0 aliphatic rings. The third-order valence-electron chi connectivity index (χ3n) is 3.52. The molecule has 20 heavy (non-hydrogen) atoms. The SMILES string of the molecule is CSc1ccc(C(O)c2ccc3ccccc3c2)cc1. The van der Waals surface area contributed by atoms with Crippen molar-refractivity contribution >= 4 is 22.5 Å². The highest BCUT2D eigenvalue weighted by Gasteiger charge is 2.10. The van der Waals surface area contributed by atoms with E-state index in [9.17, 15) is 5.11 Å². The minimum atomic E-state index is -0.574. The highest BCUT2D eigenvalue weighted by molar-refractivity contribution is 7.98. The Morgan fingerprint density at radius 1 is 0.800 bits per heavy atom. The molecule has 3 rings (SSSR count). The molecule has 3 aromatic rings. The minimum Gasteiger partial charge on any atom is -0.384 e. The summed E-state index contributed by atoms with van der Waals surface area (Å²) in [5, 5.41) is 12.9. The predicted octanol–water partition coefficient (Wildman–Crippen LogP) is 4.64. The highest BCUT2D eigenvalue weighted by Crippen LogP contribution is 2.26. The second-order valence-corrected chi connectivity index (χ2v) is 5.66. The molecule has 0 amide bonds. The van der Waals surface area contributed by atoms with Gasteiger partial charge in [-0.15, -0.1) is 11.8 Å². The predicted molar refractivity (Wildman–Crippen MR) is 86.2 cm³/mol. The van der Waals surface area contributed by atoms with Gasteiger partial charge in [-0.2, -0.15) is 0 Å². The van der Waals surface area contributed by atoms with Crippen molar-refractivity contribution in [2.45, 2.75) is 11.0 Å². The molecule has 1 unspecified atom stereocenters. The van der Waals surface area contributed by atoms with E-state index in [4.69, 9.17) is 0 Å². The molecule has 100 valence electrons. The van der Waals surface area contributed by atoms with Gasteiger partial charge < -0.3 is 5.11 Å². The van der Waals surface area contributed by atoms with Crippen molar-refractivity contribution in [1.29, 1.82) is 0 Å². The first-order valence-corrected chi connectivity index (χ1v) is 7.81. The number of fused-ring (bicyclic) bond motifs is 1. The van der Waals surface area contributed by atoms with Gasteiger partial charge in [0.2, 0.25) is 0 Å². The normalized spacial score (nSPS) is 12.5. The fraction of sp³-hybridized carbons (Fsp3) is 0.111. The van der Waals surface area contributed by atoms with Gasteiger partial charge in [0.1, 0.15) is 6.10 Å². The van der Waals surface area contributed by atoms with E-state index in [-0.39, 0.29) is 0 Å². The average Bonchev–Trinajstić information content (AvgIpc) is 2.54. The van der Waals surface area contributed by atoms with Crippen LogP contribution in [0.5, 0.6) is 0 Å². The number of aliphatic hydroxyl groups is 1. The summed E-state index contributed by atoms with van der Waals surface area (Å²) in [6.45, 7) is 0. The van der Waals surface area contributed by atoms with Crippen LogP contribution in [0.25, 0.3) is 10.8 Å². The van der Waals surface area contributed by atoms with E-state index < -0.39 is 6.10 Å². The maximum absolute atomic E-state index is 10.5. The van der Waals surface area contributed by atoms with E-state index in [1.165, 1.54) is 10.3 Å². The Hall–Kier alpha value is -1.77. The van der Waals surface area contributed by atoms with Crippen LogP contribution < -0.4 is 0 Å². The second kappa shape index (κ2) is 5.70. The lowest BCUT2D eigenvalue weighted by molar-refractivity contribution is 0.220. The lowest BCUT2D eigenvalue weighted by atomic mass is 9.99. The molecule has 0 fully saturated rings. The van der Waals surface area contributed by atoms with Crippen LogP contribution in [0.4, 0.5) is 0 Å². The molecule has 0 bridgehead atoms. The van der Waals surface area contributed by atoms with Crippen LogP contribution in [0.2, 0.25) is 0 Å². The lowest BCUT2D eigenvalue weighted by Crippen LogP contribution is -1.99. The van der Waals surface area contributed by atoms with Crippen LogP contribution in [-0.2, 0) is 0 Å². The quantitative estimate of drug-likeness (QED) is 0.705. The number of aliphatic hydroxyl groups excluding tert-OH is 1. The minimum absolute atomic E-state index is 0.574. The van der Waals surface area contributed by atoms with E-state index in [1.54, 1.807) is 11.8 Å². The number of hydrogen-bond donors (Lipinski definition) is 1. The van der Waals surface area contributed by atoms with Crippen LogP contribution in [-0.4, -0.2) is 11.4 Å². The van der Waals surface area contributed by atoms with Gasteiger partial charge in [-0.05, 0) is 46.4 Å². The molecule has 2 heteroatoms. The van der Waals surface area contributed by atoms with Crippen molar-refractivity contribution in [2.24, 2.45) is 0 Å². The first kappa shape index (κ1) is 13.2. The smallest absolute Gasteiger partial charge is 0.104 e. The van der Waals surface area contributed by atoms with Gasteiger partial charge in [0.15, 0.2) is 0 Å². The van der Waals surface area contributed by atoms with Crippen molar-refractivity contribution < 1.29 is 5.11 Å². The van der Waals surface area contributed by atoms with Gasteiger partial charge in [0.25, 0.3) is 0 Å². The molecule has 0 radical (unpaired) electrons. The van der Waals surface area contributed by atoms with E-state index >= 15 is 0 Å². The Morgan fingerprint density at radius 3 is 2.15 bits per heavy atom. The molecule has 0 saturated heterocycles. The Labute approximate surface area is 123 Å². The first-order valence-electron chi connectivity index (χ1n) is 6.58. The third-order valence-corrected chi connectivity index (χ3v) is 4.26. The van der Waals surface area contributed by atoms with E-state index in [1.807, 2.05) is 42.5 Å². The van der Waals surface area contributed by atoms with Gasteiger partial charge in [-0.1, -0.05) is 48.5 Å². The summed E-state index contributed by atoms with van der Waals surface area (Å²) in [5.74, 6) is 0. The van der Waals surface area contributed by atoms with Gasteiger partial charge in [-0.25, -0.2) is 0 Å². The molecule has 0 aromatic heterocycles. The third kappa shape index (κ3) is 2.58. The van der Waals surface area contributed by atoms with Crippen molar-refractivity contribution in [3.05, 3.63) is 77.9 Å². The monoisotopic (exact) mass is 280 g/mol. The van der Waals surface area contributed by atoms with Crippen LogP contribution in [0.1, 0.15) is 17.2 Å². The molecule has 0 heterocycles. The zero-order valence-electron chi connectivity index (χ0n) is 11.3. The zero-order chi connectivity index (χ0) is 13.9. The molecule has 0 aliphatic carbocycles. The number of thioether (sulfide) groups is 1. The zero-order valence-corrected chi connectivity index (χ0v) is 12.1. The van der Waals surface area contributed by atoms with Gasteiger partial charge in [0.05, 0.1) is 0 Å². The fourth-order valence-electron chi connectivity index (χ4n) is 2.36. The van der Waals surface area contributed by atoms with Crippen molar-refractivity contribution in [1.82, 2.24) is 0 Å². The summed E-state index contributed by atoms with van der Waals surface area (Å²) < 4.78 is 0. The topological polar surface area (TPSA) is 20.2 Å². The maximum Gasteiger partial charge on any atom is 0.104 e. The molecule has 0 saturated carbocycles. The molecule has 0 aliphatic heterocycles. The second-order valence-electron chi connectivity index (χ2n) is 4.78. The summed E-state index contributed by atoms with van der Waals surface area (Å²) in [7, 11) is 0. The number of benzene rings is 3. The molecule has 3 aromatic carbocycles. The maximum atomic E-state index is 10.5.